The molecule has 142 valence electrons. The summed E-state index contributed by atoms with van der Waals surface area (Å²) < 4.78 is 0. The van der Waals surface area contributed by atoms with Gasteiger partial charge < -0.3 is 15.4 Å². The number of anilines is 1. The van der Waals surface area contributed by atoms with Crippen LogP contribution in [0.3, 0.4) is 0 Å². The zero-order valence-corrected chi connectivity index (χ0v) is 16.4. The fourth-order valence-electron chi connectivity index (χ4n) is 2.71. The van der Waals surface area contributed by atoms with Crippen molar-refractivity contribution in [2.45, 2.75) is 40.2 Å². The van der Waals surface area contributed by atoms with Gasteiger partial charge in [-0.25, -0.2) is 9.97 Å². The van der Waals surface area contributed by atoms with Crippen LogP contribution >= 0.6 is 0 Å². The maximum Gasteiger partial charge on any atom is 0.171 e. The second-order valence-electron chi connectivity index (χ2n) is 8.48. The number of aliphatic hydroxyl groups is 1. The normalized spacial score (nSPS) is 12.4. The number of nitrogens with one attached hydrogen (secondary N) is 2. The van der Waals surface area contributed by atoms with Gasteiger partial charge in [0.25, 0.3) is 0 Å². The molecule has 0 fully saturated rings. The number of carbonyl (C=O) groups excluding carboxylic acids is 1. The van der Waals surface area contributed by atoms with Gasteiger partial charge in [0.2, 0.25) is 0 Å². The fourth-order valence-corrected chi connectivity index (χ4v) is 2.71. The highest BCUT2D eigenvalue weighted by molar-refractivity contribution is 6.08. The van der Waals surface area contributed by atoms with Crippen molar-refractivity contribution < 1.29 is 9.90 Å². The van der Waals surface area contributed by atoms with Crippen molar-refractivity contribution in [2.75, 3.05) is 11.9 Å². The van der Waals surface area contributed by atoms with Crippen LogP contribution in [0.25, 0.3) is 22.4 Å². The number of Topliss-reactive ketones (excluding diaryl/α,β-unsaturated/α-hetero) is 1. The van der Waals surface area contributed by atoms with Crippen LogP contribution in [-0.2, 0) is 0 Å². The van der Waals surface area contributed by atoms with Crippen molar-refractivity contribution >= 4 is 22.6 Å². The number of rotatable bonds is 5. The highest BCUT2D eigenvalue weighted by atomic mass is 16.3. The van der Waals surface area contributed by atoms with Crippen LogP contribution in [0, 0.1) is 5.41 Å². The molecule has 0 bridgehead atoms. The Labute approximate surface area is 159 Å². The van der Waals surface area contributed by atoms with Crippen molar-refractivity contribution in [3.05, 3.63) is 42.2 Å². The lowest BCUT2D eigenvalue weighted by molar-refractivity contribution is 0.0859. The van der Waals surface area contributed by atoms with Gasteiger partial charge in [0, 0.05) is 29.4 Å². The Morgan fingerprint density at radius 1 is 1.22 bits per heavy atom. The van der Waals surface area contributed by atoms with Crippen LogP contribution in [0.2, 0.25) is 0 Å². The third-order valence-corrected chi connectivity index (χ3v) is 4.19. The van der Waals surface area contributed by atoms with E-state index in [1.807, 2.05) is 45.0 Å². The zero-order valence-electron chi connectivity index (χ0n) is 16.4. The number of hydrogen-bond donors (Lipinski definition) is 3. The van der Waals surface area contributed by atoms with Gasteiger partial charge in [0.1, 0.15) is 5.52 Å². The van der Waals surface area contributed by atoms with E-state index in [0.717, 1.165) is 11.3 Å². The minimum atomic E-state index is -0.804. The second-order valence-corrected chi connectivity index (χ2v) is 8.48. The van der Waals surface area contributed by atoms with E-state index in [-0.39, 0.29) is 5.78 Å². The molecular weight excluding hydrogens is 340 g/mol. The van der Waals surface area contributed by atoms with Gasteiger partial charge in [-0.3, -0.25) is 4.79 Å². The third-order valence-electron chi connectivity index (χ3n) is 4.19. The van der Waals surface area contributed by atoms with Gasteiger partial charge in [-0.2, -0.15) is 0 Å². The van der Waals surface area contributed by atoms with Gasteiger partial charge in [0.05, 0.1) is 23.1 Å². The first-order valence-electron chi connectivity index (χ1n) is 9.00. The van der Waals surface area contributed by atoms with Crippen LogP contribution in [0.4, 0.5) is 5.69 Å². The topological polar surface area (TPSA) is 90.9 Å². The maximum absolute atomic E-state index is 12.7. The van der Waals surface area contributed by atoms with E-state index in [9.17, 15) is 9.90 Å². The van der Waals surface area contributed by atoms with Gasteiger partial charge in [-0.15, -0.1) is 0 Å². The van der Waals surface area contributed by atoms with Gasteiger partial charge in [0.15, 0.2) is 11.4 Å². The zero-order chi connectivity index (χ0) is 19.8. The third kappa shape index (κ3) is 4.34. The summed E-state index contributed by atoms with van der Waals surface area (Å²) >= 11 is 0. The minimum absolute atomic E-state index is 0.0285. The number of benzene rings is 1. The van der Waals surface area contributed by atoms with Gasteiger partial charge in [-0.1, -0.05) is 32.9 Å². The Balaban J connectivity index is 1.97. The van der Waals surface area contributed by atoms with E-state index in [4.69, 9.17) is 4.98 Å². The highest BCUT2D eigenvalue weighted by Gasteiger charge is 2.26. The van der Waals surface area contributed by atoms with Crippen molar-refractivity contribution in [3.8, 4) is 11.3 Å². The summed E-state index contributed by atoms with van der Waals surface area (Å²) in [5.74, 6) is 0.0285. The molecule has 0 spiro atoms. The number of fused-ring (bicyclic) bond motifs is 1. The lowest BCUT2D eigenvalue weighted by Crippen LogP contribution is -2.29. The summed E-state index contributed by atoms with van der Waals surface area (Å²) in [5.41, 5.74) is 2.91. The molecule has 0 aliphatic rings. The van der Waals surface area contributed by atoms with Crippen LogP contribution < -0.4 is 5.32 Å². The second kappa shape index (κ2) is 6.78. The van der Waals surface area contributed by atoms with E-state index in [1.54, 1.807) is 26.2 Å². The number of ketones is 1. The average molecular weight is 366 g/mol. The molecule has 0 aliphatic carbocycles. The van der Waals surface area contributed by atoms with Crippen LogP contribution in [-0.4, -0.2) is 38.0 Å². The molecule has 0 aliphatic heterocycles. The highest BCUT2D eigenvalue weighted by Crippen LogP contribution is 2.27. The molecule has 0 radical (unpaired) electrons. The first-order chi connectivity index (χ1) is 12.5. The molecule has 0 atom stereocenters. The summed E-state index contributed by atoms with van der Waals surface area (Å²) in [6.45, 7) is 9.62. The molecule has 0 amide bonds. The Morgan fingerprint density at radius 3 is 2.63 bits per heavy atom. The summed E-state index contributed by atoms with van der Waals surface area (Å²) in [7, 11) is 0. The van der Waals surface area contributed by atoms with Crippen LogP contribution in [0.5, 0.6) is 0 Å². The molecule has 0 saturated heterocycles. The van der Waals surface area contributed by atoms with E-state index in [1.165, 1.54) is 0 Å². The standard InChI is InChI=1S/C21H26N4O2/c1-20(2,3)18(26)15-10-22-19-17(15)25-16(11-23-19)13-7-6-8-14(9-13)24-12-21(4,5)27/h6-11,24,27H,12H2,1-5H3,(H,22,23). The molecule has 0 unspecified atom stereocenters. The molecule has 3 N–H and O–H groups in total. The molecule has 3 rings (SSSR count). The molecule has 6 nitrogen and oxygen atoms in total. The molecule has 3 aromatic rings. The van der Waals surface area contributed by atoms with E-state index < -0.39 is 11.0 Å². The number of aromatic amines is 1. The quantitative estimate of drug-likeness (QED) is 0.593. The lowest BCUT2D eigenvalue weighted by Gasteiger charge is -2.18. The number of carbonyl (C=O) groups is 1. The van der Waals surface area contributed by atoms with Crippen molar-refractivity contribution in [3.63, 3.8) is 0 Å². The van der Waals surface area contributed by atoms with Crippen molar-refractivity contribution in [2.24, 2.45) is 5.41 Å². The Bertz CT molecular complexity index is 978. The van der Waals surface area contributed by atoms with Gasteiger partial charge >= 0.3 is 0 Å². The molecule has 27 heavy (non-hydrogen) atoms. The molecular formula is C21H26N4O2. The SMILES string of the molecule is CC(C)(O)CNc1cccc(-c2cnc3[nH]cc(C(=O)C(C)(C)C)c3n2)c1. The van der Waals surface area contributed by atoms with Gasteiger partial charge in [-0.05, 0) is 26.0 Å². The minimum Gasteiger partial charge on any atom is -0.389 e. The van der Waals surface area contributed by atoms with Crippen LogP contribution in [0.1, 0.15) is 45.0 Å². The smallest absolute Gasteiger partial charge is 0.171 e. The predicted octanol–water partition coefficient (Wildman–Crippen LogP) is 4.04. The van der Waals surface area contributed by atoms with Crippen molar-refractivity contribution in [1.29, 1.82) is 0 Å². The summed E-state index contributed by atoms with van der Waals surface area (Å²) in [6.07, 6.45) is 3.38. The van der Waals surface area contributed by atoms with E-state index in [2.05, 4.69) is 15.3 Å². The fraction of sp³-hybridized carbons (Fsp3) is 0.381. The largest absolute Gasteiger partial charge is 0.389 e. The first kappa shape index (κ1) is 19.0. The summed E-state index contributed by atoms with van der Waals surface area (Å²) in [4.78, 5) is 24.9. The summed E-state index contributed by atoms with van der Waals surface area (Å²) in [6, 6.07) is 7.76. The Morgan fingerprint density at radius 2 is 1.96 bits per heavy atom. The van der Waals surface area contributed by atoms with Crippen molar-refractivity contribution in [1.82, 2.24) is 15.0 Å². The van der Waals surface area contributed by atoms with E-state index in [0.29, 0.717) is 29.0 Å². The molecule has 1 aromatic carbocycles. The molecule has 2 heterocycles. The van der Waals surface area contributed by atoms with E-state index >= 15 is 0 Å². The van der Waals surface area contributed by atoms with Crippen LogP contribution in [0.15, 0.2) is 36.7 Å². The maximum atomic E-state index is 12.7. The Kier molecular flexibility index (Phi) is 4.78. The Hall–Kier alpha value is -2.73. The summed E-state index contributed by atoms with van der Waals surface area (Å²) in [5, 5.41) is 13.1. The number of nitrogens with zero attached hydrogens (tertiary/aromatic N) is 2. The molecule has 6 heteroatoms. The molecule has 2 aromatic heterocycles. The monoisotopic (exact) mass is 366 g/mol. The number of hydrogen-bond acceptors (Lipinski definition) is 5. The molecule has 0 saturated carbocycles. The first-order valence-corrected chi connectivity index (χ1v) is 9.00. The number of aromatic nitrogens is 3. The lowest BCUT2D eigenvalue weighted by atomic mass is 9.87. The number of H-pyrrole nitrogens is 1. The average Bonchev–Trinajstić information content (AvgIpc) is 3.01. The predicted molar refractivity (Wildman–Crippen MR) is 108 cm³/mol.